The summed E-state index contributed by atoms with van der Waals surface area (Å²) in [7, 11) is 1.80. The first-order valence-corrected chi connectivity index (χ1v) is 8.96. The minimum absolute atomic E-state index is 0.125. The SMILES string of the molecule is CC(C)Cc1cc(C(=O)N(C)CC2CC(C(C)(C)C)NN2)nc(N)n1. The first-order chi connectivity index (χ1) is 11.6. The number of likely N-dealkylation sites (N-methyl/N-ethyl adjacent to an activating group) is 1. The average molecular weight is 348 g/mol. The molecule has 140 valence electrons. The molecule has 1 amide bonds. The van der Waals surface area contributed by atoms with Crippen LogP contribution >= 0.6 is 0 Å². The Balaban J connectivity index is 2.02. The van der Waals surface area contributed by atoms with Gasteiger partial charge in [0, 0.05) is 31.4 Å². The second-order valence-electron chi connectivity index (χ2n) is 8.53. The molecule has 1 aliphatic rings. The summed E-state index contributed by atoms with van der Waals surface area (Å²) in [6.07, 6.45) is 1.75. The standard InChI is InChI=1S/C18H32N6O/c1-11(2)7-12-8-14(21-17(19)20-12)16(25)24(6)10-13-9-15(23-22-13)18(3,4)5/h8,11,13,15,22-23H,7,9-10H2,1-6H3,(H2,19,20,21). The fourth-order valence-electron chi connectivity index (χ4n) is 3.07. The van der Waals surface area contributed by atoms with Crippen molar-refractivity contribution in [3.05, 3.63) is 17.5 Å². The number of carbonyl (C=O) groups is 1. The van der Waals surface area contributed by atoms with Gasteiger partial charge in [-0.3, -0.25) is 15.6 Å². The molecule has 1 aromatic rings. The maximum absolute atomic E-state index is 12.7. The lowest BCUT2D eigenvalue weighted by molar-refractivity contribution is 0.0776. The first-order valence-electron chi connectivity index (χ1n) is 8.96. The number of hydrogen-bond donors (Lipinski definition) is 3. The molecule has 0 radical (unpaired) electrons. The van der Waals surface area contributed by atoms with Crippen molar-refractivity contribution in [1.82, 2.24) is 25.7 Å². The third-order valence-corrected chi connectivity index (χ3v) is 4.50. The van der Waals surface area contributed by atoms with Crippen LogP contribution in [0.1, 0.15) is 57.2 Å². The van der Waals surface area contributed by atoms with Gasteiger partial charge in [-0.2, -0.15) is 0 Å². The van der Waals surface area contributed by atoms with E-state index in [4.69, 9.17) is 5.73 Å². The third-order valence-electron chi connectivity index (χ3n) is 4.50. The van der Waals surface area contributed by atoms with Crippen LogP contribution < -0.4 is 16.6 Å². The molecule has 0 bridgehead atoms. The van der Waals surface area contributed by atoms with Crippen LogP contribution in [0.2, 0.25) is 0 Å². The van der Waals surface area contributed by atoms with Crippen LogP contribution in [0, 0.1) is 11.3 Å². The molecule has 1 aromatic heterocycles. The van der Waals surface area contributed by atoms with Crippen LogP contribution in [0.5, 0.6) is 0 Å². The monoisotopic (exact) mass is 348 g/mol. The lowest BCUT2D eigenvalue weighted by atomic mass is 9.84. The van der Waals surface area contributed by atoms with Crippen LogP contribution in [0.25, 0.3) is 0 Å². The summed E-state index contributed by atoms with van der Waals surface area (Å²) in [5, 5.41) is 0. The van der Waals surface area contributed by atoms with Gasteiger partial charge >= 0.3 is 0 Å². The van der Waals surface area contributed by atoms with E-state index in [0.717, 1.165) is 18.5 Å². The Morgan fingerprint density at radius 1 is 1.36 bits per heavy atom. The van der Waals surface area contributed by atoms with E-state index >= 15 is 0 Å². The number of nitrogens with two attached hydrogens (primary N) is 1. The van der Waals surface area contributed by atoms with E-state index in [0.29, 0.717) is 24.2 Å². The maximum Gasteiger partial charge on any atom is 0.272 e. The number of hydrogen-bond acceptors (Lipinski definition) is 6. The first kappa shape index (κ1) is 19.6. The summed E-state index contributed by atoms with van der Waals surface area (Å²) in [6, 6.07) is 2.36. The molecule has 2 heterocycles. The van der Waals surface area contributed by atoms with Crippen molar-refractivity contribution in [2.75, 3.05) is 19.3 Å². The van der Waals surface area contributed by atoms with Crippen molar-refractivity contribution < 1.29 is 4.79 Å². The van der Waals surface area contributed by atoms with Crippen LogP contribution in [-0.2, 0) is 6.42 Å². The van der Waals surface area contributed by atoms with Crippen molar-refractivity contribution >= 4 is 11.9 Å². The van der Waals surface area contributed by atoms with Crippen LogP contribution in [0.3, 0.4) is 0 Å². The van der Waals surface area contributed by atoms with Crippen LogP contribution in [0.15, 0.2) is 6.07 Å². The molecular formula is C18H32N6O. The number of amides is 1. The number of nitrogens with zero attached hydrogens (tertiary/aromatic N) is 3. The molecule has 7 nitrogen and oxygen atoms in total. The van der Waals surface area contributed by atoms with Crippen molar-refractivity contribution in [3.8, 4) is 0 Å². The Bertz CT molecular complexity index is 610. The second-order valence-corrected chi connectivity index (χ2v) is 8.53. The van der Waals surface area contributed by atoms with Gasteiger partial charge in [0.25, 0.3) is 5.91 Å². The van der Waals surface area contributed by atoms with E-state index in [1.807, 2.05) is 0 Å². The van der Waals surface area contributed by atoms with E-state index in [1.165, 1.54) is 0 Å². The molecular weight excluding hydrogens is 316 g/mol. The number of aromatic nitrogens is 2. The van der Waals surface area contributed by atoms with Gasteiger partial charge in [0.15, 0.2) is 0 Å². The fourth-order valence-corrected chi connectivity index (χ4v) is 3.07. The van der Waals surface area contributed by atoms with Crippen molar-refractivity contribution in [2.24, 2.45) is 11.3 Å². The predicted molar refractivity (Wildman–Crippen MR) is 99.9 cm³/mol. The van der Waals surface area contributed by atoms with Gasteiger partial charge < -0.3 is 10.6 Å². The van der Waals surface area contributed by atoms with Crippen LogP contribution in [-0.4, -0.2) is 46.5 Å². The Labute approximate surface area is 150 Å². The summed E-state index contributed by atoms with van der Waals surface area (Å²) in [4.78, 5) is 22.8. The summed E-state index contributed by atoms with van der Waals surface area (Å²) in [6.45, 7) is 11.5. The number of anilines is 1. The van der Waals surface area contributed by atoms with Gasteiger partial charge in [-0.25, -0.2) is 9.97 Å². The second kappa shape index (κ2) is 7.66. The molecule has 25 heavy (non-hydrogen) atoms. The molecule has 2 unspecified atom stereocenters. The molecule has 7 heteroatoms. The molecule has 1 saturated heterocycles. The maximum atomic E-state index is 12.7. The van der Waals surface area contributed by atoms with Crippen molar-refractivity contribution in [2.45, 2.75) is 59.5 Å². The average Bonchev–Trinajstić information content (AvgIpc) is 2.93. The van der Waals surface area contributed by atoms with E-state index < -0.39 is 0 Å². The number of hydrazine groups is 1. The zero-order valence-corrected chi connectivity index (χ0v) is 16.3. The lowest BCUT2D eigenvalue weighted by Gasteiger charge is -2.26. The van der Waals surface area contributed by atoms with Gasteiger partial charge in [0.05, 0.1) is 0 Å². The summed E-state index contributed by atoms with van der Waals surface area (Å²) in [5.74, 6) is 0.474. The summed E-state index contributed by atoms with van der Waals surface area (Å²) >= 11 is 0. The van der Waals surface area contributed by atoms with E-state index in [9.17, 15) is 4.79 Å². The largest absolute Gasteiger partial charge is 0.368 e. The molecule has 0 aromatic carbocycles. The van der Waals surface area contributed by atoms with E-state index in [2.05, 4.69) is 55.4 Å². The Kier molecular flexibility index (Phi) is 6.00. The molecule has 4 N–H and O–H groups in total. The lowest BCUT2D eigenvalue weighted by Crippen LogP contribution is -2.43. The molecule has 1 aliphatic heterocycles. The molecule has 2 rings (SSSR count). The number of nitrogen functional groups attached to an aromatic ring is 1. The van der Waals surface area contributed by atoms with E-state index in [-0.39, 0.29) is 23.3 Å². The molecule has 0 aliphatic carbocycles. The molecule has 2 atom stereocenters. The summed E-state index contributed by atoms with van der Waals surface area (Å²) < 4.78 is 0. The topological polar surface area (TPSA) is 96.2 Å². The van der Waals surface area contributed by atoms with Crippen molar-refractivity contribution in [1.29, 1.82) is 0 Å². The fraction of sp³-hybridized carbons (Fsp3) is 0.722. The third kappa shape index (κ3) is 5.37. The molecule has 0 spiro atoms. The Hall–Kier alpha value is -1.73. The number of nitrogens with one attached hydrogen (secondary N) is 2. The van der Waals surface area contributed by atoms with Crippen LogP contribution in [0.4, 0.5) is 5.95 Å². The summed E-state index contributed by atoms with van der Waals surface area (Å²) in [5.41, 5.74) is 13.8. The van der Waals surface area contributed by atoms with Gasteiger partial charge in [0.1, 0.15) is 5.69 Å². The normalized spacial score (nSPS) is 20.9. The van der Waals surface area contributed by atoms with E-state index in [1.54, 1.807) is 18.0 Å². The van der Waals surface area contributed by atoms with Gasteiger partial charge in [-0.05, 0) is 30.2 Å². The van der Waals surface area contributed by atoms with Gasteiger partial charge in [-0.1, -0.05) is 34.6 Å². The highest BCUT2D eigenvalue weighted by Gasteiger charge is 2.33. The highest BCUT2D eigenvalue weighted by molar-refractivity contribution is 5.92. The molecule has 0 saturated carbocycles. The minimum atomic E-state index is -0.125. The smallest absolute Gasteiger partial charge is 0.272 e. The zero-order valence-electron chi connectivity index (χ0n) is 16.3. The highest BCUT2D eigenvalue weighted by atomic mass is 16.2. The Morgan fingerprint density at radius 3 is 2.60 bits per heavy atom. The zero-order chi connectivity index (χ0) is 18.8. The number of carbonyl (C=O) groups excluding carboxylic acids is 1. The quantitative estimate of drug-likeness (QED) is 0.748. The number of rotatable bonds is 5. The van der Waals surface area contributed by atoms with Gasteiger partial charge in [0.2, 0.25) is 5.95 Å². The highest BCUT2D eigenvalue weighted by Crippen LogP contribution is 2.25. The molecule has 1 fully saturated rings. The minimum Gasteiger partial charge on any atom is -0.368 e. The van der Waals surface area contributed by atoms with Gasteiger partial charge in [-0.15, -0.1) is 0 Å². The Morgan fingerprint density at radius 2 is 2.04 bits per heavy atom. The predicted octanol–water partition coefficient (Wildman–Crippen LogP) is 1.61. The van der Waals surface area contributed by atoms with Crippen molar-refractivity contribution in [3.63, 3.8) is 0 Å².